The molecule has 0 aliphatic heterocycles. The molecule has 0 N–H and O–H groups in total. The van der Waals surface area contributed by atoms with Gasteiger partial charge in [-0.15, -0.1) is 6.58 Å². The molecule has 2 heterocycles. The van der Waals surface area contributed by atoms with E-state index >= 15 is 0 Å². The number of benzene rings is 1. The topological polar surface area (TPSA) is 39.4 Å². The first-order valence-corrected chi connectivity index (χ1v) is 7.50. The van der Waals surface area contributed by atoms with Crippen molar-refractivity contribution in [3.05, 3.63) is 64.9 Å². The average Bonchev–Trinajstić information content (AvgIpc) is 2.96. The lowest BCUT2D eigenvalue weighted by Gasteiger charge is -2.10. The first kappa shape index (κ1) is 14.9. The van der Waals surface area contributed by atoms with Crippen LogP contribution in [0.15, 0.2) is 49.2 Å². The average molecular weight is 334 g/mol. The number of allylic oxidation sites excluding steroid dienone is 1. The fourth-order valence-corrected chi connectivity index (χ4v) is 2.50. The van der Waals surface area contributed by atoms with Gasteiger partial charge >= 0.3 is 0 Å². The molecule has 0 aliphatic rings. The second-order valence-corrected chi connectivity index (χ2v) is 5.53. The van der Waals surface area contributed by atoms with E-state index < -0.39 is 0 Å². The Kier molecular flexibility index (Phi) is 4.32. The third-order valence-electron chi connectivity index (χ3n) is 3.09. The Morgan fingerprint density at radius 1 is 1.23 bits per heavy atom. The minimum atomic E-state index is 0.442. The van der Waals surface area contributed by atoms with Crippen molar-refractivity contribution < 1.29 is 4.74 Å². The molecule has 0 saturated carbocycles. The molecule has 112 valence electrons. The van der Waals surface area contributed by atoms with Crippen molar-refractivity contribution in [3.8, 4) is 11.6 Å². The highest BCUT2D eigenvalue weighted by Gasteiger charge is 2.10. The zero-order chi connectivity index (χ0) is 15.5. The van der Waals surface area contributed by atoms with Crippen LogP contribution in [-0.4, -0.2) is 14.6 Å². The third kappa shape index (κ3) is 3.08. The molecule has 0 radical (unpaired) electrons. The highest BCUT2D eigenvalue weighted by Crippen LogP contribution is 2.31. The Hall–Kier alpha value is -2.04. The van der Waals surface area contributed by atoms with E-state index in [1.54, 1.807) is 28.9 Å². The number of aromatic nitrogens is 3. The molecular weight excluding hydrogens is 321 g/mol. The van der Waals surface area contributed by atoms with Crippen molar-refractivity contribution >= 4 is 28.8 Å². The Morgan fingerprint density at radius 2 is 2.09 bits per heavy atom. The van der Waals surface area contributed by atoms with Crippen LogP contribution in [0.4, 0.5) is 0 Å². The van der Waals surface area contributed by atoms with Gasteiger partial charge in [-0.1, -0.05) is 29.3 Å². The van der Waals surface area contributed by atoms with Crippen molar-refractivity contribution in [2.45, 2.75) is 12.8 Å². The van der Waals surface area contributed by atoms with E-state index in [9.17, 15) is 0 Å². The van der Waals surface area contributed by atoms with E-state index in [4.69, 9.17) is 27.9 Å². The predicted octanol–water partition coefficient (Wildman–Crippen LogP) is 4.95. The van der Waals surface area contributed by atoms with Gasteiger partial charge < -0.3 is 4.74 Å². The zero-order valence-corrected chi connectivity index (χ0v) is 13.2. The van der Waals surface area contributed by atoms with Gasteiger partial charge in [-0.05, 0) is 31.0 Å². The van der Waals surface area contributed by atoms with Crippen LogP contribution in [0.2, 0.25) is 10.0 Å². The summed E-state index contributed by atoms with van der Waals surface area (Å²) < 4.78 is 7.53. The van der Waals surface area contributed by atoms with Crippen LogP contribution in [0.25, 0.3) is 5.65 Å². The second kappa shape index (κ2) is 6.38. The molecule has 0 aliphatic carbocycles. The van der Waals surface area contributed by atoms with Crippen molar-refractivity contribution in [1.82, 2.24) is 14.6 Å². The van der Waals surface area contributed by atoms with Crippen molar-refractivity contribution in [2.24, 2.45) is 0 Å². The van der Waals surface area contributed by atoms with E-state index in [1.807, 2.05) is 18.2 Å². The minimum absolute atomic E-state index is 0.442. The van der Waals surface area contributed by atoms with Gasteiger partial charge in [0.05, 0.1) is 11.2 Å². The van der Waals surface area contributed by atoms with Gasteiger partial charge in [-0.25, -0.2) is 4.98 Å². The summed E-state index contributed by atoms with van der Waals surface area (Å²) in [5.74, 6) is 1.07. The second-order valence-electron chi connectivity index (χ2n) is 4.69. The molecule has 3 aromatic rings. The predicted molar refractivity (Wildman–Crippen MR) is 88.0 cm³/mol. The molecule has 0 bridgehead atoms. The van der Waals surface area contributed by atoms with Crippen molar-refractivity contribution in [3.63, 3.8) is 0 Å². The number of hydrogen-bond acceptors (Lipinski definition) is 3. The number of ether oxygens (including phenoxy) is 1. The van der Waals surface area contributed by atoms with E-state index in [1.165, 1.54) is 0 Å². The molecule has 0 unspecified atom stereocenters. The molecule has 0 spiro atoms. The fourth-order valence-electron chi connectivity index (χ4n) is 2.06. The minimum Gasteiger partial charge on any atom is -0.437 e. The van der Waals surface area contributed by atoms with Gasteiger partial charge in [0.1, 0.15) is 5.75 Å². The van der Waals surface area contributed by atoms with E-state index in [-0.39, 0.29) is 0 Å². The van der Waals surface area contributed by atoms with Crippen molar-refractivity contribution in [1.29, 1.82) is 0 Å². The van der Waals surface area contributed by atoms with E-state index in [0.717, 1.165) is 24.2 Å². The quantitative estimate of drug-likeness (QED) is 0.620. The van der Waals surface area contributed by atoms with Crippen LogP contribution in [0, 0.1) is 0 Å². The Labute approximate surface area is 138 Å². The summed E-state index contributed by atoms with van der Waals surface area (Å²) in [7, 11) is 0. The zero-order valence-electron chi connectivity index (χ0n) is 11.7. The number of rotatable bonds is 5. The number of aryl methyl sites for hydroxylation is 1. The summed E-state index contributed by atoms with van der Waals surface area (Å²) in [6.45, 7) is 3.73. The molecule has 6 heteroatoms. The molecular formula is C16H13Cl2N3O. The normalized spacial score (nSPS) is 10.8. The number of fused-ring (bicyclic) bond motifs is 1. The Balaban J connectivity index is 2.00. The third-order valence-corrected chi connectivity index (χ3v) is 3.62. The monoisotopic (exact) mass is 333 g/mol. The molecule has 0 atom stereocenters. The molecule has 3 rings (SSSR count). The SMILES string of the molecule is C=CCCc1cc(Oc2ccc(Cl)cc2Cl)n2nccc2n1. The van der Waals surface area contributed by atoms with E-state index in [0.29, 0.717) is 21.7 Å². The van der Waals surface area contributed by atoms with Crippen LogP contribution in [0.3, 0.4) is 0 Å². The first-order valence-electron chi connectivity index (χ1n) is 6.75. The highest BCUT2D eigenvalue weighted by atomic mass is 35.5. The number of nitrogens with zero attached hydrogens (tertiary/aromatic N) is 3. The van der Waals surface area contributed by atoms with Crippen LogP contribution in [0.5, 0.6) is 11.6 Å². The van der Waals surface area contributed by atoms with Crippen LogP contribution in [0.1, 0.15) is 12.1 Å². The molecule has 1 aromatic carbocycles. The number of hydrogen-bond donors (Lipinski definition) is 0. The standard InChI is InChI=1S/C16H13Cl2N3O/c1-2-3-4-12-10-16(21-15(20-12)7-8-19-21)22-14-6-5-11(17)9-13(14)18/h2,5-10H,1,3-4H2. The summed E-state index contributed by atoms with van der Waals surface area (Å²) in [6.07, 6.45) is 5.17. The first-order chi connectivity index (χ1) is 10.7. The van der Waals surface area contributed by atoms with Gasteiger partial charge in [0.25, 0.3) is 0 Å². The maximum absolute atomic E-state index is 6.16. The fraction of sp³-hybridized carbons (Fsp3) is 0.125. The molecule has 4 nitrogen and oxygen atoms in total. The maximum Gasteiger partial charge on any atom is 0.224 e. The Morgan fingerprint density at radius 3 is 2.86 bits per heavy atom. The summed E-state index contributed by atoms with van der Waals surface area (Å²) in [6, 6.07) is 8.77. The summed E-state index contributed by atoms with van der Waals surface area (Å²) >= 11 is 12.1. The lowest BCUT2D eigenvalue weighted by molar-refractivity contribution is 0.445. The van der Waals surface area contributed by atoms with Gasteiger partial charge in [-0.2, -0.15) is 9.61 Å². The summed E-state index contributed by atoms with van der Waals surface area (Å²) in [5.41, 5.74) is 1.63. The highest BCUT2D eigenvalue weighted by molar-refractivity contribution is 6.35. The molecule has 0 fully saturated rings. The number of halogens is 2. The Bertz CT molecular complexity index is 829. The van der Waals surface area contributed by atoms with Gasteiger partial charge in [-0.3, -0.25) is 0 Å². The van der Waals surface area contributed by atoms with E-state index in [2.05, 4.69) is 16.7 Å². The molecule has 0 amide bonds. The van der Waals surface area contributed by atoms with Crippen LogP contribution >= 0.6 is 23.2 Å². The molecule has 2 aromatic heterocycles. The van der Waals surface area contributed by atoms with Gasteiger partial charge in [0.15, 0.2) is 5.65 Å². The summed E-state index contributed by atoms with van der Waals surface area (Å²) in [4.78, 5) is 4.53. The lowest BCUT2D eigenvalue weighted by atomic mass is 10.2. The van der Waals surface area contributed by atoms with Gasteiger partial charge in [0, 0.05) is 22.8 Å². The molecule has 0 saturated heterocycles. The summed E-state index contributed by atoms with van der Waals surface area (Å²) in [5, 5.41) is 5.22. The smallest absolute Gasteiger partial charge is 0.224 e. The lowest BCUT2D eigenvalue weighted by Crippen LogP contribution is -2.01. The van der Waals surface area contributed by atoms with Crippen LogP contribution in [-0.2, 0) is 6.42 Å². The maximum atomic E-state index is 6.16. The molecule has 22 heavy (non-hydrogen) atoms. The van der Waals surface area contributed by atoms with Gasteiger partial charge in [0.2, 0.25) is 5.88 Å². The van der Waals surface area contributed by atoms with Crippen molar-refractivity contribution in [2.75, 3.05) is 0 Å². The van der Waals surface area contributed by atoms with Crippen LogP contribution < -0.4 is 4.74 Å². The largest absolute Gasteiger partial charge is 0.437 e.